The molecule has 1 fully saturated rings. The first-order valence-corrected chi connectivity index (χ1v) is 4.75. The molecule has 0 saturated carbocycles. The van der Waals surface area contributed by atoms with Crippen molar-refractivity contribution in [1.82, 2.24) is 0 Å². The zero-order valence-corrected chi connectivity index (χ0v) is 7.42. The Morgan fingerprint density at radius 2 is 2.11 bits per heavy atom. The second kappa shape index (κ2) is 2.53. The highest BCUT2D eigenvalue weighted by atomic mass is 32.2. The minimum Gasteiger partial charge on any atom is -0.155 e. The van der Waals surface area contributed by atoms with Crippen LogP contribution in [0.15, 0.2) is 0 Å². The molecule has 1 heterocycles. The van der Waals surface area contributed by atoms with Crippen molar-refractivity contribution in [2.45, 2.75) is 38.4 Å². The SMILES string of the molecule is CC(C)CC1(C)CCS1. The van der Waals surface area contributed by atoms with Crippen molar-refractivity contribution in [2.24, 2.45) is 5.92 Å². The van der Waals surface area contributed by atoms with Crippen LogP contribution in [-0.4, -0.2) is 10.5 Å². The predicted octanol–water partition coefficient (Wildman–Crippen LogP) is 2.93. The van der Waals surface area contributed by atoms with Crippen molar-refractivity contribution in [1.29, 1.82) is 0 Å². The van der Waals surface area contributed by atoms with Gasteiger partial charge in [0.15, 0.2) is 0 Å². The van der Waals surface area contributed by atoms with E-state index in [9.17, 15) is 0 Å². The topological polar surface area (TPSA) is 0 Å². The van der Waals surface area contributed by atoms with E-state index in [0.717, 1.165) is 5.92 Å². The highest BCUT2D eigenvalue weighted by Gasteiger charge is 2.32. The van der Waals surface area contributed by atoms with Crippen LogP contribution in [0.5, 0.6) is 0 Å². The number of rotatable bonds is 2. The normalized spacial score (nSPS) is 34.7. The van der Waals surface area contributed by atoms with Crippen molar-refractivity contribution in [3.8, 4) is 0 Å². The molecule has 0 nitrogen and oxygen atoms in total. The van der Waals surface area contributed by atoms with Gasteiger partial charge in [0.1, 0.15) is 0 Å². The molecule has 0 radical (unpaired) electrons. The Hall–Kier alpha value is 0.350. The van der Waals surface area contributed by atoms with E-state index in [0.29, 0.717) is 4.75 Å². The standard InChI is InChI=1S/C8H16S/c1-7(2)6-8(3)4-5-9-8/h7H,4-6H2,1-3H3. The van der Waals surface area contributed by atoms with Crippen LogP contribution in [0, 0.1) is 5.92 Å². The van der Waals surface area contributed by atoms with Gasteiger partial charge >= 0.3 is 0 Å². The molecule has 1 aliphatic rings. The maximum absolute atomic E-state index is 2.39. The molecule has 1 saturated heterocycles. The molecule has 1 aliphatic heterocycles. The second-order valence-electron chi connectivity index (χ2n) is 3.65. The first-order chi connectivity index (χ1) is 4.12. The van der Waals surface area contributed by atoms with Gasteiger partial charge < -0.3 is 0 Å². The van der Waals surface area contributed by atoms with Gasteiger partial charge in [-0.05, 0) is 24.5 Å². The zero-order valence-electron chi connectivity index (χ0n) is 6.61. The lowest BCUT2D eigenvalue weighted by atomic mass is 9.95. The van der Waals surface area contributed by atoms with Crippen molar-refractivity contribution in [2.75, 3.05) is 5.75 Å². The Morgan fingerprint density at radius 3 is 2.22 bits per heavy atom. The molecule has 1 heteroatoms. The van der Waals surface area contributed by atoms with E-state index in [-0.39, 0.29) is 0 Å². The van der Waals surface area contributed by atoms with Gasteiger partial charge in [-0.1, -0.05) is 20.8 Å². The van der Waals surface area contributed by atoms with E-state index < -0.39 is 0 Å². The van der Waals surface area contributed by atoms with Crippen molar-refractivity contribution >= 4 is 11.8 Å². The number of hydrogen-bond acceptors (Lipinski definition) is 1. The first-order valence-electron chi connectivity index (χ1n) is 3.76. The van der Waals surface area contributed by atoms with Crippen LogP contribution in [0.3, 0.4) is 0 Å². The molecular formula is C8H16S. The molecular weight excluding hydrogens is 128 g/mol. The lowest BCUT2D eigenvalue weighted by Crippen LogP contribution is -2.31. The minimum atomic E-state index is 0.661. The van der Waals surface area contributed by atoms with Gasteiger partial charge in [0.25, 0.3) is 0 Å². The fraction of sp³-hybridized carbons (Fsp3) is 1.00. The summed E-state index contributed by atoms with van der Waals surface area (Å²) in [6.45, 7) is 7.01. The molecule has 0 amide bonds. The van der Waals surface area contributed by atoms with Gasteiger partial charge in [0.2, 0.25) is 0 Å². The summed E-state index contributed by atoms with van der Waals surface area (Å²) >= 11 is 2.14. The average Bonchev–Trinajstić information content (AvgIpc) is 1.60. The summed E-state index contributed by atoms with van der Waals surface area (Å²) < 4.78 is 0.661. The molecule has 1 unspecified atom stereocenters. The predicted molar refractivity (Wildman–Crippen MR) is 44.9 cm³/mol. The van der Waals surface area contributed by atoms with Crippen LogP contribution >= 0.6 is 11.8 Å². The maximum atomic E-state index is 2.39. The van der Waals surface area contributed by atoms with Gasteiger partial charge in [0, 0.05) is 4.75 Å². The van der Waals surface area contributed by atoms with Gasteiger partial charge in [-0.2, -0.15) is 11.8 Å². The summed E-state index contributed by atoms with van der Waals surface area (Å²) in [7, 11) is 0. The summed E-state index contributed by atoms with van der Waals surface area (Å²) in [4.78, 5) is 0. The van der Waals surface area contributed by atoms with E-state index >= 15 is 0 Å². The highest BCUT2D eigenvalue weighted by molar-refractivity contribution is 8.02. The molecule has 0 aliphatic carbocycles. The van der Waals surface area contributed by atoms with E-state index in [1.54, 1.807) is 0 Å². The summed E-state index contributed by atoms with van der Waals surface area (Å²) in [6, 6.07) is 0. The third-order valence-electron chi connectivity index (χ3n) is 1.92. The molecule has 0 aromatic heterocycles. The van der Waals surface area contributed by atoms with Crippen molar-refractivity contribution in [3.05, 3.63) is 0 Å². The molecule has 1 atom stereocenters. The first kappa shape index (κ1) is 7.46. The third kappa shape index (κ3) is 1.89. The van der Waals surface area contributed by atoms with Crippen LogP contribution in [0.1, 0.15) is 33.6 Å². The quantitative estimate of drug-likeness (QED) is 0.574. The largest absolute Gasteiger partial charge is 0.155 e. The van der Waals surface area contributed by atoms with Crippen molar-refractivity contribution < 1.29 is 0 Å². The zero-order chi connectivity index (χ0) is 6.91. The smallest absolute Gasteiger partial charge is 0.0142 e. The monoisotopic (exact) mass is 144 g/mol. The number of hydrogen-bond donors (Lipinski definition) is 0. The maximum Gasteiger partial charge on any atom is 0.0142 e. The average molecular weight is 144 g/mol. The number of thioether (sulfide) groups is 1. The molecule has 0 N–H and O–H groups in total. The Labute approximate surface area is 62.4 Å². The summed E-state index contributed by atoms with van der Waals surface area (Å²) in [5.74, 6) is 2.27. The fourth-order valence-corrected chi connectivity index (χ4v) is 2.83. The van der Waals surface area contributed by atoms with Gasteiger partial charge in [-0.15, -0.1) is 0 Å². The molecule has 9 heavy (non-hydrogen) atoms. The van der Waals surface area contributed by atoms with Crippen LogP contribution in [0.25, 0.3) is 0 Å². The Kier molecular flexibility index (Phi) is 2.10. The third-order valence-corrected chi connectivity index (χ3v) is 3.40. The van der Waals surface area contributed by atoms with Gasteiger partial charge in [-0.3, -0.25) is 0 Å². The highest BCUT2D eigenvalue weighted by Crippen LogP contribution is 2.44. The molecule has 1 rings (SSSR count). The molecule has 0 aromatic rings. The van der Waals surface area contributed by atoms with Crippen LogP contribution in [0.2, 0.25) is 0 Å². The van der Waals surface area contributed by atoms with Gasteiger partial charge in [-0.25, -0.2) is 0 Å². The lowest BCUT2D eigenvalue weighted by Gasteiger charge is -2.39. The van der Waals surface area contributed by atoms with Crippen LogP contribution in [-0.2, 0) is 0 Å². The molecule has 54 valence electrons. The molecule has 0 bridgehead atoms. The Bertz CT molecular complexity index is 92.7. The lowest BCUT2D eigenvalue weighted by molar-refractivity contribution is 0.449. The summed E-state index contributed by atoms with van der Waals surface area (Å²) in [5.41, 5.74) is 0. The van der Waals surface area contributed by atoms with E-state index in [2.05, 4.69) is 32.5 Å². The van der Waals surface area contributed by atoms with E-state index in [1.165, 1.54) is 18.6 Å². The summed E-state index contributed by atoms with van der Waals surface area (Å²) in [5, 5.41) is 0. The molecule has 0 spiro atoms. The minimum absolute atomic E-state index is 0.661. The van der Waals surface area contributed by atoms with Gasteiger partial charge in [0.05, 0.1) is 0 Å². The van der Waals surface area contributed by atoms with E-state index in [1.807, 2.05) is 0 Å². The van der Waals surface area contributed by atoms with E-state index in [4.69, 9.17) is 0 Å². The van der Waals surface area contributed by atoms with Crippen LogP contribution in [0.4, 0.5) is 0 Å². The fourth-order valence-electron chi connectivity index (χ4n) is 1.48. The van der Waals surface area contributed by atoms with Crippen LogP contribution < -0.4 is 0 Å². The van der Waals surface area contributed by atoms with Crippen molar-refractivity contribution in [3.63, 3.8) is 0 Å². The molecule has 0 aromatic carbocycles. The summed E-state index contributed by atoms with van der Waals surface area (Å²) in [6.07, 6.45) is 2.84. The Balaban J connectivity index is 2.24. The second-order valence-corrected chi connectivity index (χ2v) is 5.33. The Morgan fingerprint density at radius 1 is 1.56 bits per heavy atom.